The molecule has 6 heteroatoms. The summed E-state index contributed by atoms with van der Waals surface area (Å²) >= 11 is 0. The molecule has 0 aromatic heterocycles. The zero-order chi connectivity index (χ0) is 15.7. The van der Waals surface area contributed by atoms with Crippen LogP contribution < -0.4 is 11.1 Å². The van der Waals surface area contributed by atoms with E-state index in [0.29, 0.717) is 25.4 Å². The maximum absolute atomic E-state index is 12.4. The number of carbonyl (C=O) groups excluding carboxylic acids is 1. The van der Waals surface area contributed by atoms with Gasteiger partial charge in [-0.3, -0.25) is 9.59 Å². The van der Waals surface area contributed by atoms with Crippen LogP contribution in [0.4, 0.5) is 0 Å². The van der Waals surface area contributed by atoms with E-state index >= 15 is 0 Å². The highest BCUT2D eigenvalue weighted by Crippen LogP contribution is 2.39. The van der Waals surface area contributed by atoms with Crippen molar-refractivity contribution in [3.8, 4) is 0 Å². The van der Waals surface area contributed by atoms with E-state index in [1.165, 1.54) is 0 Å². The molecular formula is C15H26N2O4. The molecule has 2 fully saturated rings. The van der Waals surface area contributed by atoms with Gasteiger partial charge in [-0.15, -0.1) is 0 Å². The number of carboxylic acids is 1. The Kier molecular flexibility index (Phi) is 4.58. The largest absolute Gasteiger partial charge is 0.481 e. The quantitative estimate of drug-likeness (QED) is 0.711. The molecule has 1 saturated heterocycles. The maximum atomic E-state index is 12.4. The number of nitrogens with two attached hydrogens (primary N) is 1. The molecular weight excluding hydrogens is 272 g/mol. The monoisotopic (exact) mass is 298 g/mol. The molecule has 1 saturated carbocycles. The molecule has 0 bridgehead atoms. The summed E-state index contributed by atoms with van der Waals surface area (Å²) in [6.45, 7) is 4.75. The van der Waals surface area contributed by atoms with Crippen LogP contribution in [0.25, 0.3) is 0 Å². The van der Waals surface area contributed by atoms with Crippen molar-refractivity contribution in [1.82, 2.24) is 5.32 Å². The molecule has 21 heavy (non-hydrogen) atoms. The Bertz CT molecular complexity index is 418. The first-order valence-electron chi connectivity index (χ1n) is 7.65. The summed E-state index contributed by atoms with van der Waals surface area (Å²) < 4.78 is 5.27. The van der Waals surface area contributed by atoms with Crippen molar-refractivity contribution in [2.24, 2.45) is 22.5 Å². The van der Waals surface area contributed by atoms with Gasteiger partial charge in [-0.05, 0) is 38.5 Å². The fourth-order valence-corrected chi connectivity index (χ4v) is 3.16. The van der Waals surface area contributed by atoms with Gasteiger partial charge < -0.3 is 20.9 Å². The molecule has 1 aliphatic carbocycles. The fraction of sp³-hybridized carbons (Fsp3) is 0.867. The lowest BCUT2D eigenvalue weighted by atomic mass is 9.70. The topological polar surface area (TPSA) is 102 Å². The molecule has 0 spiro atoms. The van der Waals surface area contributed by atoms with E-state index in [9.17, 15) is 14.7 Å². The summed E-state index contributed by atoms with van der Waals surface area (Å²) in [5, 5.41) is 12.4. The number of nitrogens with one attached hydrogen (secondary N) is 1. The van der Waals surface area contributed by atoms with Crippen LogP contribution in [0.3, 0.4) is 0 Å². The van der Waals surface area contributed by atoms with Crippen LogP contribution in [0, 0.1) is 16.7 Å². The van der Waals surface area contributed by atoms with Gasteiger partial charge >= 0.3 is 5.97 Å². The van der Waals surface area contributed by atoms with Crippen molar-refractivity contribution in [1.29, 1.82) is 0 Å². The van der Waals surface area contributed by atoms with E-state index in [4.69, 9.17) is 10.5 Å². The Labute approximate surface area is 125 Å². The smallest absolute Gasteiger partial charge is 0.311 e. The normalized spacial score (nSPS) is 40.0. The molecule has 2 unspecified atom stereocenters. The molecule has 2 aliphatic rings. The van der Waals surface area contributed by atoms with E-state index in [2.05, 4.69) is 12.2 Å². The lowest BCUT2D eigenvalue weighted by molar-refractivity contribution is -0.151. The standard InChI is InChI=1S/C15H26N2O4/c1-10-3-5-15(6-4-10,13(19)20)8-17-12(18)14(2)9-21-7-11(14)16/h10-11H,3-9,16H2,1-2H3,(H,17,18)(H,19,20). The SMILES string of the molecule is CC1CCC(CNC(=O)C2(C)COCC2N)(C(=O)O)CC1. The molecule has 4 N–H and O–H groups in total. The first-order valence-corrected chi connectivity index (χ1v) is 7.65. The van der Waals surface area contributed by atoms with E-state index in [0.717, 1.165) is 12.8 Å². The third-order valence-electron chi connectivity index (χ3n) is 5.31. The van der Waals surface area contributed by atoms with Crippen molar-refractivity contribution in [2.75, 3.05) is 19.8 Å². The first-order chi connectivity index (χ1) is 9.80. The van der Waals surface area contributed by atoms with Gasteiger partial charge in [0, 0.05) is 12.6 Å². The molecule has 1 amide bonds. The maximum Gasteiger partial charge on any atom is 0.311 e. The van der Waals surface area contributed by atoms with Gasteiger partial charge in [0.25, 0.3) is 0 Å². The minimum absolute atomic E-state index is 0.177. The van der Waals surface area contributed by atoms with E-state index in [-0.39, 0.29) is 25.1 Å². The third kappa shape index (κ3) is 3.06. The number of amides is 1. The Hall–Kier alpha value is -1.14. The van der Waals surface area contributed by atoms with Crippen molar-refractivity contribution in [3.05, 3.63) is 0 Å². The summed E-state index contributed by atoms with van der Waals surface area (Å²) in [7, 11) is 0. The number of carboxylic acid groups (broad SMARTS) is 1. The predicted molar refractivity (Wildman–Crippen MR) is 77.6 cm³/mol. The first kappa shape index (κ1) is 16.2. The minimum atomic E-state index is -0.831. The van der Waals surface area contributed by atoms with Gasteiger partial charge in [-0.25, -0.2) is 0 Å². The van der Waals surface area contributed by atoms with Gasteiger partial charge in [0.15, 0.2) is 0 Å². The second-order valence-electron chi connectivity index (χ2n) is 6.99. The average molecular weight is 298 g/mol. The van der Waals surface area contributed by atoms with E-state index in [1.54, 1.807) is 6.92 Å². The molecule has 0 aromatic carbocycles. The Morgan fingerprint density at radius 2 is 2.00 bits per heavy atom. The van der Waals surface area contributed by atoms with Crippen molar-refractivity contribution in [2.45, 2.75) is 45.6 Å². The fourth-order valence-electron chi connectivity index (χ4n) is 3.16. The number of aliphatic carboxylic acids is 1. The van der Waals surface area contributed by atoms with Crippen LogP contribution in [0.2, 0.25) is 0 Å². The number of rotatable bonds is 4. The van der Waals surface area contributed by atoms with Crippen LogP contribution in [-0.4, -0.2) is 42.8 Å². The summed E-state index contributed by atoms with van der Waals surface area (Å²) in [5.74, 6) is -0.457. The Morgan fingerprint density at radius 1 is 1.38 bits per heavy atom. The molecule has 1 aliphatic heterocycles. The van der Waals surface area contributed by atoms with Gasteiger partial charge in [0.2, 0.25) is 5.91 Å². The van der Waals surface area contributed by atoms with Crippen LogP contribution in [-0.2, 0) is 14.3 Å². The van der Waals surface area contributed by atoms with Crippen molar-refractivity contribution in [3.63, 3.8) is 0 Å². The molecule has 0 aromatic rings. The summed E-state index contributed by atoms with van der Waals surface area (Å²) in [4.78, 5) is 24.0. The van der Waals surface area contributed by atoms with Gasteiger partial charge in [0.1, 0.15) is 0 Å². The molecule has 6 nitrogen and oxygen atoms in total. The van der Waals surface area contributed by atoms with Gasteiger partial charge in [-0.1, -0.05) is 6.92 Å². The Balaban J connectivity index is 1.99. The average Bonchev–Trinajstić information content (AvgIpc) is 2.79. The minimum Gasteiger partial charge on any atom is -0.481 e. The molecule has 2 rings (SSSR count). The zero-order valence-corrected chi connectivity index (χ0v) is 12.9. The number of ether oxygens (including phenoxy) is 1. The van der Waals surface area contributed by atoms with Crippen LogP contribution >= 0.6 is 0 Å². The predicted octanol–water partition coefficient (Wildman–Crippen LogP) is 0.748. The third-order valence-corrected chi connectivity index (χ3v) is 5.31. The van der Waals surface area contributed by atoms with E-state index in [1.807, 2.05) is 0 Å². The van der Waals surface area contributed by atoms with Crippen LogP contribution in [0.15, 0.2) is 0 Å². The summed E-state index contributed by atoms with van der Waals surface area (Å²) in [5.41, 5.74) is 4.34. The summed E-state index contributed by atoms with van der Waals surface area (Å²) in [6, 6.07) is -0.343. The molecule has 0 radical (unpaired) electrons. The number of carbonyl (C=O) groups is 2. The summed E-state index contributed by atoms with van der Waals surface area (Å²) in [6.07, 6.45) is 3.01. The van der Waals surface area contributed by atoms with E-state index < -0.39 is 16.8 Å². The molecule has 120 valence electrons. The Morgan fingerprint density at radius 3 is 2.48 bits per heavy atom. The molecule has 1 heterocycles. The van der Waals surface area contributed by atoms with Gasteiger partial charge in [-0.2, -0.15) is 0 Å². The van der Waals surface area contributed by atoms with Crippen molar-refractivity contribution >= 4 is 11.9 Å². The molecule has 2 atom stereocenters. The van der Waals surface area contributed by atoms with Gasteiger partial charge in [0.05, 0.1) is 24.0 Å². The van der Waals surface area contributed by atoms with Crippen molar-refractivity contribution < 1.29 is 19.4 Å². The van der Waals surface area contributed by atoms with Crippen LogP contribution in [0.1, 0.15) is 39.5 Å². The number of hydrogen-bond acceptors (Lipinski definition) is 4. The highest BCUT2D eigenvalue weighted by Gasteiger charge is 2.46. The zero-order valence-electron chi connectivity index (χ0n) is 12.9. The highest BCUT2D eigenvalue weighted by molar-refractivity contribution is 5.84. The highest BCUT2D eigenvalue weighted by atomic mass is 16.5. The lowest BCUT2D eigenvalue weighted by Gasteiger charge is -2.37. The second kappa shape index (κ2) is 5.93. The lowest BCUT2D eigenvalue weighted by Crippen LogP contribution is -2.53. The van der Waals surface area contributed by atoms with Crippen LogP contribution in [0.5, 0.6) is 0 Å². The second-order valence-corrected chi connectivity index (χ2v) is 6.99. The number of hydrogen-bond donors (Lipinski definition) is 3.